The van der Waals surface area contributed by atoms with Gasteiger partial charge in [-0.1, -0.05) is 79.8 Å². The Kier molecular flexibility index (Phi) is 8.61. The van der Waals surface area contributed by atoms with Crippen LogP contribution in [0.5, 0.6) is 0 Å². The molecule has 0 aromatic heterocycles. The van der Waals surface area contributed by atoms with Crippen molar-refractivity contribution in [3.63, 3.8) is 0 Å². The highest BCUT2D eigenvalue weighted by atomic mass is 32.2. The molecule has 1 aliphatic carbocycles. The molecule has 1 amide bonds. The minimum absolute atomic E-state index is 0.0227. The predicted octanol–water partition coefficient (Wildman–Crippen LogP) is 5.95. The molecule has 0 spiro atoms. The number of hydrogen-bond acceptors (Lipinski definition) is 4. The van der Waals surface area contributed by atoms with Crippen LogP contribution < -0.4 is 0 Å². The van der Waals surface area contributed by atoms with E-state index in [1.807, 2.05) is 6.08 Å². The van der Waals surface area contributed by atoms with Gasteiger partial charge in [-0.25, -0.2) is 0 Å². The average molecular weight is 447 g/mol. The summed E-state index contributed by atoms with van der Waals surface area (Å²) in [6, 6.07) is 0. The zero-order chi connectivity index (χ0) is 20.6. The lowest BCUT2D eigenvalue weighted by Crippen LogP contribution is -2.28. The van der Waals surface area contributed by atoms with Crippen molar-refractivity contribution in [2.45, 2.75) is 57.6 Å². The summed E-state index contributed by atoms with van der Waals surface area (Å²) in [6.45, 7) is 6.14. The van der Waals surface area contributed by atoms with Crippen LogP contribution in [0.2, 0.25) is 0 Å². The summed E-state index contributed by atoms with van der Waals surface area (Å²) >= 11 is 6.80. The highest BCUT2D eigenvalue weighted by Gasteiger charge is 2.31. The second-order valence-electron chi connectivity index (χ2n) is 7.19. The van der Waals surface area contributed by atoms with Gasteiger partial charge < -0.3 is 4.31 Å². The van der Waals surface area contributed by atoms with E-state index in [1.165, 1.54) is 36.6 Å². The number of nitrogens with zero attached hydrogens (tertiary/aromatic N) is 2. The van der Waals surface area contributed by atoms with Gasteiger partial charge in [0.25, 0.3) is 5.91 Å². The molecule has 2 unspecified atom stereocenters. The monoisotopic (exact) mass is 446 g/mol. The Morgan fingerprint density at radius 1 is 1.24 bits per heavy atom. The van der Waals surface area contributed by atoms with Crippen molar-refractivity contribution in [1.82, 2.24) is 9.21 Å². The van der Waals surface area contributed by atoms with Crippen molar-refractivity contribution in [1.29, 1.82) is 0 Å². The van der Waals surface area contributed by atoms with Crippen molar-refractivity contribution in [3.8, 4) is 0 Å². The average Bonchev–Trinajstić information content (AvgIpc) is 3.22. The van der Waals surface area contributed by atoms with E-state index in [0.717, 1.165) is 32.4 Å². The molecule has 2 atom stereocenters. The molecular formula is C23H30N2OS3. The maximum absolute atomic E-state index is 12.6. The van der Waals surface area contributed by atoms with E-state index < -0.39 is 0 Å². The van der Waals surface area contributed by atoms with Gasteiger partial charge in [0.05, 0.1) is 5.25 Å². The summed E-state index contributed by atoms with van der Waals surface area (Å²) in [6.07, 6.45) is 19.7. The zero-order valence-corrected chi connectivity index (χ0v) is 19.8. The van der Waals surface area contributed by atoms with Gasteiger partial charge in [0.15, 0.2) is 0 Å². The number of fused-ring (bicyclic) bond motifs is 1. The predicted molar refractivity (Wildman–Crippen MR) is 133 cm³/mol. The van der Waals surface area contributed by atoms with Gasteiger partial charge in [-0.05, 0) is 48.5 Å². The zero-order valence-electron chi connectivity index (χ0n) is 17.3. The molecule has 2 heterocycles. The molecule has 0 radical (unpaired) electrons. The van der Waals surface area contributed by atoms with E-state index in [-0.39, 0.29) is 16.6 Å². The van der Waals surface area contributed by atoms with Crippen LogP contribution in [-0.2, 0) is 4.79 Å². The van der Waals surface area contributed by atoms with Crippen LogP contribution in [0.3, 0.4) is 0 Å². The fourth-order valence-corrected chi connectivity index (χ4v) is 6.95. The van der Waals surface area contributed by atoms with Crippen LogP contribution >= 0.6 is 34.6 Å². The Balaban J connectivity index is 1.58. The number of hydrogen-bond donors (Lipinski definition) is 0. The van der Waals surface area contributed by atoms with Gasteiger partial charge in [-0.3, -0.25) is 9.69 Å². The van der Waals surface area contributed by atoms with Gasteiger partial charge in [0, 0.05) is 19.3 Å². The van der Waals surface area contributed by atoms with Crippen molar-refractivity contribution >= 4 is 50.2 Å². The quantitative estimate of drug-likeness (QED) is 0.189. The number of thiocarbonyl (C=S) groups is 1. The Bertz CT molecular complexity index is 831. The van der Waals surface area contributed by atoms with Crippen LogP contribution in [0.25, 0.3) is 0 Å². The molecule has 0 aromatic rings. The molecule has 0 saturated carbocycles. The Morgan fingerprint density at radius 3 is 2.86 bits per heavy atom. The summed E-state index contributed by atoms with van der Waals surface area (Å²) in [5.41, 5.74) is 4.60. The van der Waals surface area contributed by atoms with Gasteiger partial charge in [-0.2, -0.15) is 0 Å². The van der Waals surface area contributed by atoms with Crippen LogP contribution in [0, 0.1) is 0 Å². The van der Waals surface area contributed by atoms with Crippen molar-refractivity contribution in [2.24, 2.45) is 0 Å². The van der Waals surface area contributed by atoms with E-state index in [2.05, 4.69) is 59.8 Å². The molecule has 156 valence electrons. The highest BCUT2D eigenvalue weighted by Crippen LogP contribution is 2.40. The first-order valence-electron chi connectivity index (χ1n) is 10.5. The number of carbonyl (C=O) groups excluding carboxylic acids is 1. The third-order valence-electron chi connectivity index (χ3n) is 5.10. The highest BCUT2D eigenvalue weighted by molar-refractivity contribution is 8.26. The van der Waals surface area contributed by atoms with E-state index in [1.54, 1.807) is 4.90 Å². The fraction of sp³-hybridized carbons (Fsp3) is 0.478. The molecule has 1 saturated heterocycles. The first kappa shape index (κ1) is 22.4. The number of carbonyl (C=O) groups is 1. The summed E-state index contributed by atoms with van der Waals surface area (Å²) in [7, 11) is 0.0545. The van der Waals surface area contributed by atoms with E-state index >= 15 is 0 Å². The molecule has 3 aliphatic rings. The third-order valence-corrected chi connectivity index (χ3v) is 8.85. The lowest BCUT2D eigenvalue weighted by molar-refractivity contribution is -0.122. The standard InChI is InChI=1S/C23H30N2OS3/c1-3-5-6-7-11-16-25-22(26)20(28-23(25)27)14-10-12-17-29-21-15-9-8-13-19(21)18-24(29)4-2/h8-10,13,15,17-18,21H,3-7,11-12,16H2,1-2H3. The number of amides is 1. The molecule has 3 nitrogen and oxygen atoms in total. The molecule has 1 fully saturated rings. The molecule has 29 heavy (non-hydrogen) atoms. The van der Waals surface area contributed by atoms with Crippen LogP contribution in [0.4, 0.5) is 0 Å². The number of allylic oxidation sites excluding steroid dienone is 3. The van der Waals surface area contributed by atoms with Crippen LogP contribution in [0.15, 0.2) is 52.8 Å². The minimum atomic E-state index is 0.0227. The summed E-state index contributed by atoms with van der Waals surface area (Å²) in [5.74, 6) is 0.0227. The largest absolute Gasteiger partial charge is 0.328 e. The van der Waals surface area contributed by atoms with Gasteiger partial charge >= 0.3 is 0 Å². The first-order chi connectivity index (χ1) is 14.2. The maximum atomic E-state index is 12.6. The lowest BCUT2D eigenvalue weighted by Gasteiger charge is -2.21. The molecule has 0 aromatic carbocycles. The number of rotatable bonds is 9. The van der Waals surface area contributed by atoms with E-state index in [9.17, 15) is 4.79 Å². The topological polar surface area (TPSA) is 23.6 Å². The van der Waals surface area contributed by atoms with E-state index in [0.29, 0.717) is 14.5 Å². The molecule has 3 rings (SSSR count). The van der Waals surface area contributed by atoms with Crippen molar-refractivity contribution < 1.29 is 4.79 Å². The Morgan fingerprint density at radius 2 is 2.07 bits per heavy atom. The lowest BCUT2D eigenvalue weighted by atomic mass is 10.1. The molecule has 2 aliphatic heterocycles. The van der Waals surface area contributed by atoms with E-state index in [4.69, 9.17) is 12.2 Å². The number of thioether (sulfide) groups is 1. The minimum Gasteiger partial charge on any atom is -0.328 e. The smallest absolute Gasteiger partial charge is 0.274 e. The third kappa shape index (κ3) is 5.64. The molecular weight excluding hydrogens is 416 g/mol. The molecule has 6 heteroatoms. The molecule has 0 bridgehead atoms. The van der Waals surface area contributed by atoms with Gasteiger partial charge in [0.2, 0.25) is 0 Å². The van der Waals surface area contributed by atoms with Gasteiger partial charge in [0.1, 0.15) is 9.23 Å². The summed E-state index contributed by atoms with van der Waals surface area (Å²) in [4.78, 5) is 15.0. The second kappa shape index (κ2) is 11.2. The van der Waals surface area contributed by atoms with Gasteiger partial charge in [-0.15, -0.1) is 5.73 Å². The maximum Gasteiger partial charge on any atom is 0.274 e. The Hall–Kier alpha value is -1.33. The second-order valence-corrected chi connectivity index (χ2v) is 10.8. The van der Waals surface area contributed by atoms with Crippen LogP contribution in [0.1, 0.15) is 52.4 Å². The summed E-state index contributed by atoms with van der Waals surface area (Å²) in [5, 5.41) is 2.81. The normalized spacial score (nSPS) is 23.1. The summed E-state index contributed by atoms with van der Waals surface area (Å²) < 4.78 is 3.08. The molecule has 0 N–H and O–H groups in total. The number of unbranched alkanes of at least 4 members (excludes halogenated alkanes) is 4. The van der Waals surface area contributed by atoms with Crippen molar-refractivity contribution in [2.75, 3.05) is 13.1 Å². The van der Waals surface area contributed by atoms with Crippen molar-refractivity contribution in [3.05, 3.63) is 52.8 Å². The SMILES string of the molecule is CCCCCCCN1C(=O)C(=C=CCC=S2C3C=CC=CC3=CN2CC)SC1=S. The fourth-order valence-electron chi connectivity index (χ4n) is 3.53. The first-order valence-corrected chi connectivity index (χ1v) is 13.1. The Labute approximate surface area is 187 Å². The van der Waals surface area contributed by atoms with Crippen LogP contribution in [-0.4, -0.2) is 43.1 Å².